The van der Waals surface area contributed by atoms with Gasteiger partial charge >= 0.3 is 0 Å². The molecule has 1 heterocycles. The van der Waals surface area contributed by atoms with E-state index in [4.69, 9.17) is 11.6 Å². The van der Waals surface area contributed by atoms with E-state index in [2.05, 4.69) is 13.8 Å². The molecule has 1 saturated heterocycles. The van der Waals surface area contributed by atoms with Crippen molar-refractivity contribution in [1.29, 1.82) is 0 Å². The Balaban J connectivity index is 2.08. The molecule has 1 aromatic rings. The highest BCUT2D eigenvalue weighted by atomic mass is 35.5. The summed E-state index contributed by atoms with van der Waals surface area (Å²) >= 11 is 5.83. The number of hydrogen-bond acceptors (Lipinski definition) is 3. The van der Waals surface area contributed by atoms with E-state index in [0.29, 0.717) is 24.5 Å². The van der Waals surface area contributed by atoms with E-state index >= 15 is 0 Å². The zero-order valence-corrected chi connectivity index (χ0v) is 15.9. The van der Waals surface area contributed by atoms with Crippen molar-refractivity contribution in [3.63, 3.8) is 0 Å². The highest BCUT2D eigenvalue weighted by Crippen LogP contribution is 2.27. The first-order valence-corrected chi connectivity index (χ1v) is 10.6. The molecule has 0 bridgehead atoms. The van der Waals surface area contributed by atoms with Gasteiger partial charge in [-0.3, -0.25) is 4.79 Å². The quantitative estimate of drug-likeness (QED) is 0.729. The van der Waals surface area contributed by atoms with Crippen LogP contribution in [-0.2, 0) is 14.6 Å². The Hall–Kier alpha value is -1.07. The molecule has 1 aromatic carbocycles. The summed E-state index contributed by atoms with van der Waals surface area (Å²) in [6.07, 6.45) is 4.19. The van der Waals surface area contributed by atoms with Crippen molar-refractivity contribution in [2.45, 2.75) is 56.1 Å². The van der Waals surface area contributed by atoms with Crippen molar-refractivity contribution in [2.75, 3.05) is 13.1 Å². The Morgan fingerprint density at radius 2 is 1.79 bits per heavy atom. The number of hydrogen-bond donors (Lipinski definition) is 0. The number of carbonyl (C=O) groups is 1. The zero-order valence-electron chi connectivity index (χ0n) is 14.4. The first-order chi connectivity index (χ1) is 11.4. The maximum absolute atomic E-state index is 12.8. The van der Waals surface area contributed by atoms with Crippen LogP contribution in [0, 0.1) is 5.92 Å². The molecule has 0 radical (unpaired) electrons. The summed E-state index contributed by atoms with van der Waals surface area (Å²) in [5, 5.41) is -0.00863. The van der Waals surface area contributed by atoms with E-state index in [0.717, 1.165) is 25.7 Å². The molecular weight excluding hydrogens is 346 g/mol. The Morgan fingerprint density at radius 3 is 2.33 bits per heavy atom. The SMILES string of the molecule is CCCC(CCC)C(=O)N1CCC(S(=O)(=O)c2ccc(Cl)cc2)C1. The molecule has 24 heavy (non-hydrogen) atoms. The highest BCUT2D eigenvalue weighted by molar-refractivity contribution is 7.92. The minimum atomic E-state index is -3.42. The molecule has 1 atom stereocenters. The van der Waals surface area contributed by atoms with Crippen LogP contribution < -0.4 is 0 Å². The Kier molecular flexibility index (Phi) is 6.70. The largest absolute Gasteiger partial charge is 0.341 e. The average molecular weight is 372 g/mol. The van der Waals surface area contributed by atoms with Gasteiger partial charge in [0.05, 0.1) is 10.1 Å². The molecule has 1 aliphatic heterocycles. The van der Waals surface area contributed by atoms with Gasteiger partial charge in [0.2, 0.25) is 5.91 Å². The van der Waals surface area contributed by atoms with Crippen molar-refractivity contribution in [3.05, 3.63) is 29.3 Å². The summed E-state index contributed by atoms with van der Waals surface area (Å²) in [5.74, 6) is 0.143. The standard InChI is InChI=1S/C18H26ClNO3S/c1-3-5-14(6-4-2)18(21)20-12-11-17(13-20)24(22,23)16-9-7-15(19)8-10-16/h7-10,14,17H,3-6,11-13H2,1-2H3. The summed E-state index contributed by atoms with van der Waals surface area (Å²) in [6.45, 7) is 4.98. The maximum Gasteiger partial charge on any atom is 0.225 e. The Bertz CT molecular complexity index is 651. The van der Waals surface area contributed by atoms with Crippen LogP contribution in [0.4, 0.5) is 0 Å². The molecule has 0 aliphatic carbocycles. The normalized spacial score (nSPS) is 18.3. The van der Waals surface area contributed by atoms with Gasteiger partial charge in [0.1, 0.15) is 0 Å². The zero-order chi connectivity index (χ0) is 17.7. The molecule has 1 fully saturated rings. The van der Waals surface area contributed by atoms with Crippen LogP contribution in [0.15, 0.2) is 29.2 Å². The molecule has 0 saturated carbocycles. The van der Waals surface area contributed by atoms with Crippen molar-refractivity contribution in [3.8, 4) is 0 Å². The number of sulfone groups is 1. The lowest BCUT2D eigenvalue weighted by atomic mass is 9.97. The number of halogens is 1. The first kappa shape index (κ1) is 19.3. The van der Waals surface area contributed by atoms with Crippen LogP contribution >= 0.6 is 11.6 Å². The van der Waals surface area contributed by atoms with Crippen LogP contribution in [-0.4, -0.2) is 37.6 Å². The van der Waals surface area contributed by atoms with Gasteiger partial charge in [0, 0.05) is 24.0 Å². The van der Waals surface area contributed by atoms with Gasteiger partial charge in [-0.15, -0.1) is 0 Å². The van der Waals surface area contributed by atoms with Crippen LogP contribution in [0.1, 0.15) is 46.0 Å². The van der Waals surface area contributed by atoms with Crippen molar-refractivity contribution in [2.24, 2.45) is 5.92 Å². The van der Waals surface area contributed by atoms with Gasteiger partial charge in [-0.05, 0) is 43.5 Å². The lowest BCUT2D eigenvalue weighted by Crippen LogP contribution is -2.36. The fourth-order valence-corrected chi connectivity index (χ4v) is 5.16. The summed E-state index contributed by atoms with van der Waals surface area (Å²) < 4.78 is 25.5. The second kappa shape index (κ2) is 8.34. The third-order valence-corrected chi connectivity index (χ3v) is 7.10. The second-order valence-electron chi connectivity index (χ2n) is 6.47. The number of nitrogens with zero attached hydrogens (tertiary/aromatic N) is 1. The van der Waals surface area contributed by atoms with E-state index in [9.17, 15) is 13.2 Å². The predicted octanol–water partition coefficient (Wildman–Crippen LogP) is 3.93. The lowest BCUT2D eigenvalue weighted by molar-refractivity contribution is -0.134. The first-order valence-electron chi connectivity index (χ1n) is 8.68. The topological polar surface area (TPSA) is 54.5 Å². The van der Waals surface area contributed by atoms with E-state index in [1.165, 1.54) is 0 Å². The third-order valence-electron chi connectivity index (χ3n) is 4.66. The molecule has 1 aliphatic rings. The molecule has 1 unspecified atom stereocenters. The number of benzene rings is 1. The molecular formula is C18H26ClNO3S. The minimum absolute atomic E-state index is 0.0250. The van der Waals surface area contributed by atoms with Crippen molar-refractivity contribution in [1.82, 2.24) is 4.90 Å². The van der Waals surface area contributed by atoms with E-state index in [1.807, 2.05) is 0 Å². The summed E-state index contributed by atoms with van der Waals surface area (Å²) in [5.41, 5.74) is 0. The van der Waals surface area contributed by atoms with Gasteiger partial charge in [0.25, 0.3) is 0 Å². The molecule has 0 aromatic heterocycles. The average Bonchev–Trinajstić information content (AvgIpc) is 3.05. The van der Waals surface area contributed by atoms with E-state index < -0.39 is 15.1 Å². The molecule has 4 nitrogen and oxygen atoms in total. The van der Waals surface area contributed by atoms with Crippen LogP contribution in [0.25, 0.3) is 0 Å². The molecule has 134 valence electrons. The number of rotatable bonds is 7. The van der Waals surface area contributed by atoms with Gasteiger partial charge in [-0.1, -0.05) is 38.3 Å². The molecule has 2 rings (SSSR count). The van der Waals surface area contributed by atoms with E-state index in [-0.39, 0.29) is 16.7 Å². The van der Waals surface area contributed by atoms with Crippen molar-refractivity contribution < 1.29 is 13.2 Å². The molecule has 0 spiro atoms. The summed E-state index contributed by atoms with van der Waals surface area (Å²) in [7, 11) is -3.42. The Morgan fingerprint density at radius 1 is 1.21 bits per heavy atom. The second-order valence-corrected chi connectivity index (χ2v) is 9.13. The van der Waals surface area contributed by atoms with Crippen LogP contribution in [0.3, 0.4) is 0 Å². The highest BCUT2D eigenvalue weighted by Gasteiger charge is 2.37. The van der Waals surface area contributed by atoms with Gasteiger partial charge in [0.15, 0.2) is 9.84 Å². The maximum atomic E-state index is 12.8. The smallest absolute Gasteiger partial charge is 0.225 e. The van der Waals surface area contributed by atoms with Crippen molar-refractivity contribution >= 4 is 27.3 Å². The minimum Gasteiger partial charge on any atom is -0.341 e. The monoisotopic (exact) mass is 371 g/mol. The number of amides is 1. The van der Waals surface area contributed by atoms with Gasteiger partial charge in [-0.2, -0.15) is 0 Å². The summed E-state index contributed by atoms with van der Waals surface area (Å²) in [6, 6.07) is 6.26. The predicted molar refractivity (Wildman–Crippen MR) is 96.9 cm³/mol. The van der Waals surface area contributed by atoms with Gasteiger partial charge in [-0.25, -0.2) is 8.42 Å². The number of likely N-dealkylation sites (tertiary alicyclic amines) is 1. The molecule has 1 amide bonds. The fraction of sp³-hybridized carbons (Fsp3) is 0.611. The number of carbonyl (C=O) groups excluding carboxylic acids is 1. The van der Waals surface area contributed by atoms with E-state index in [1.54, 1.807) is 29.2 Å². The fourth-order valence-electron chi connectivity index (χ4n) is 3.34. The third kappa shape index (κ3) is 4.31. The Labute approximate surface area is 150 Å². The molecule has 6 heteroatoms. The van der Waals surface area contributed by atoms with Crippen LogP contribution in [0.2, 0.25) is 5.02 Å². The van der Waals surface area contributed by atoms with Crippen LogP contribution in [0.5, 0.6) is 0 Å². The lowest BCUT2D eigenvalue weighted by Gasteiger charge is -2.23. The molecule has 0 N–H and O–H groups in total. The van der Waals surface area contributed by atoms with Gasteiger partial charge < -0.3 is 4.90 Å². The summed E-state index contributed by atoms with van der Waals surface area (Å²) in [4.78, 5) is 14.7.